The molecule has 152 valence electrons. The fourth-order valence-electron chi connectivity index (χ4n) is 2.68. The van der Waals surface area contributed by atoms with Crippen molar-refractivity contribution in [3.63, 3.8) is 0 Å². The maximum atomic E-state index is 12.6. The number of carbonyl (C=O) groups is 2. The van der Waals surface area contributed by atoms with E-state index in [1.54, 1.807) is 31.2 Å². The Morgan fingerprint density at radius 1 is 1.21 bits per heavy atom. The summed E-state index contributed by atoms with van der Waals surface area (Å²) in [5, 5.41) is 3.71. The van der Waals surface area contributed by atoms with E-state index in [0.717, 1.165) is 16.7 Å². The van der Waals surface area contributed by atoms with E-state index >= 15 is 0 Å². The highest BCUT2D eigenvalue weighted by Crippen LogP contribution is 2.40. The molecule has 0 radical (unpaired) electrons. The van der Waals surface area contributed by atoms with Gasteiger partial charge in [-0.15, -0.1) is 11.3 Å². The van der Waals surface area contributed by atoms with E-state index in [0.29, 0.717) is 21.2 Å². The van der Waals surface area contributed by atoms with Crippen molar-refractivity contribution in [1.82, 2.24) is 0 Å². The van der Waals surface area contributed by atoms with Gasteiger partial charge < -0.3 is 10.1 Å². The molecule has 2 aromatic rings. The van der Waals surface area contributed by atoms with Crippen LogP contribution in [0.5, 0.6) is 0 Å². The van der Waals surface area contributed by atoms with Crippen molar-refractivity contribution in [2.45, 2.75) is 26.7 Å². The van der Waals surface area contributed by atoms with Gasteiger partial charge in [-0.3, -0.25) is 4.79 Å². The first kappa shape index (κ1) is 22.4. The van der Waals surface area contributed by atoms with Gasteiger partial charge in [-0.25, -0.2) is 13.2 Å². The summed E-state index contributed by atoms with van der Waals surface area (Å²) in [6.07, 6.45) is 1.39. The van der Waals surface area contributed by atoms with E-state index in [1.807, 2.05) is 6.92 Å². The molecule has 2 rings (SSSR count). The van der Waals surface area contributed by atoms with E-state index in [-0.39, 0.29) is 31.1 Å². The molecular weight excluding hydrogens is 422 g/mol. The summed E-state index contributed by atoms with van der Waals surface area (Å²) in [6.45, 7) is 3.77. The first-order valence-corrected chi connectivity index (χ1v) is 11.9. The topological polar surface area (TPSA) is 89.5 Å². The highest BCUT2D eigenvalue weighted by molar-refractivity contribution is 7.90. The first-order valence-electron chi connectivity index (χ1n) is 8.66. The number of nitrogens with one attached hydrogen (secondary N) is 1. The van der Waals surface area contributed by atoms with Crippen LogP contribution in [-0.2, 0) is 19.4 Å². The quantitative estimate of drug-likeness (QED) is 0.613. The minimum absolute atomic E-state index is 0.0442. The first-order chi connectivity index (χ1) is 13.1. The molecule has 0 unspecified atom stereocenters. The van der Waals surface area contributed by atoms with Crippen LogP contribution in [0.4, 0.5) is 5.00 Å². The molecule has 1 aromatic heterocycles. The molecule has 0 saturated carbocycles. The third-order valence-electron chi connectivity index (χ3n) is 3.87. The van der Waals surface area contributed by atoms with E-state index in [1.165, 1.54) is 11.3 Å². The smallest absolute Gasteiger partial charge is 0.341 e. The standard InChI is InChI=1S/C19H22ClNO5S2/c1-4-26-19(23)17-16(13-7-9-14(20)10-8-13)12(2)27-18(17)21-15(22)6-5-11-28(3,24)25/h7-10H,4-6,11H2,1-3H3,(H,21,22). The minimum Gasteiger partial charge on any atom is -0.462 e. The number of anilines is 1. The van der Waals surface area contributed by atoms with Gasteiger partial charge in [-0.1, -0.05) is 23.7 Å². The summed E-state index contributed by atoms with van der Waals surface area (Å²) < 4.78 is 27.6. The molecule has 6 nitrogen and oxygen atoms in total. The van der Waals surface area contributed by atoms with Crippen molar-refractivity contribution in [3.05, 3.63) is 39.7 Å². The molecule has 1 heterocycles. The van der Waals surface area contributed by atoms with E-state index in [2.05, 4.69) is 5.32 Å². The normalized spacial score (nSPS) is 11.3. The molecule has 28 heavy (non-hydrogen) atoms. The van der Waals surface area contributed by atoms with Gasteiger partial charge in [0.2, 0.25) is 5.91 Å². The number of thiophene rings is 1. The number of hydrogen-bond donors (Lipinski definition) is 1. The largest absolute Gasteiger partial charge is 0.462 e. The number of aryl methyl sites for hydroxylation is 1. The van der Waals surface area contributed by atoms with Crippen LogP contribution in [0.15, 0.2) is 24.3 Å². The molecule has 0 bridgehead atoms. The molecular formula is C19H22ClNO5S2. The van der Waals surface area contributed by atoms with Gasteiger partial charge in [0.05, 0.1) is 12.4 Å². The fourth-order valence-corrected chi connectivity index (χ4v) is 4.55. The Morgan fingerprint density at radius 2 is 1.86 bits per heavy atom. The molecule has 0 saturated heterocycles. The highest BCUT2D eigenvalue weighted by atomic mass is 35.5. The minimum atomic E-state index is -3.13. The summed E-state index contributed by atoms with van der Waals surface area (Å²) in [7, 11) is -3.13. The Hall–Kier alpha value is -1.90. The van der Waals surface area contributed by atoms with Crippen LogP contribution >= 0.6 is 22.9 Å². The zero-order valence-corrected chi connectivity index (χ0v) is 18.3. The summed E-state index contributed by atoms with van der Waals surface area (Å²) in [5.74, 6) is -0.939. The monoisotopic (exact) mass is 443 g/mol. The lowest BCUT2D eigenvalue weighted by Gasteiger charge is -2.09. The van der Waals surface area contributed by atoms with Crippen molar-refractivity contribution in [3.8, 4) is 11.1 Å². The lowest BCUT2D eigenvalue weighted by molar-refractivity contribution is -0.116. The highest BCUT2D eigenvalue weighted by Gasteiger charge is 2.25. The second-order valence-corrected chi connectivity index (χ2v) is 10.2. The molecule has 9 heteroatoms. The number of esters is 1. The van der Waals surface area contributed by atoms with Gasteiger partial charge in [0.25, 0.3) is 0 Å². The average Bonchev–Trinajstić information content (AvgIpc) is 2.90. The molecule has 1 N–H and O–H groups in total. The van der Waals surface area contributed by atoms with Gasteiger partial charge in [0.1, 0.15) is 20.4 Å². The van der Waals surface area contributed by atoms with Crippen molar-refractivity contribution in [2.75, 3.05) is 23.9 Å². The zero-order chi connectivity index (χ0) is 20.9. The molecule has 0 spiro atoms. The molecule has 0 fully saturated rings. The maximum absolute atomic E-state index is 12.6. The molecule has 0 atom stereocenters. The van der Waals surface area contributed by atoms with Crippen LogP contribution in [0.2, 0.25) is 5.02 Å². The molecule has 0 aliphatic rings. The predicted octanol–water partition coefficient (Wildman–Crippen LogP) is 4.32. The van der Waals surface area contributed by atoms with Crippen molar-refractivity contribution in [1.29, 1.82) is 0 Å². The van der Waals surface area contributed by atoms with Crippen molar-refractivity contribution < 1.29 is 22.7 Å². The van der Waals surface area contributed by atoms with E-state index in [4.69, 9.17) is 16.3 Å². The summed E-state index contributed by atoms with van der Waals surface area (Å²) in [4.78, 5) is 25.7. The number of rotatable bonds is 8. The third-order valence-corrected chi connectivity index (χ3v) is 6.17. The van der Waals surface area contributed by atoms with Crippen LogP contribution in [0, 0.1) is 6.92 Å². The van der Waals surface area contributed by atoms with Gasteiger partial charge in [0.15, 0.2) is 0 Å². The molecule has 1 amide bonds. The molecule has 1 aromatic carbocycles. The number of amides is 1. The second-order valence-electron chi connectivity index (χ2n) is 6.25. The van der Waals surface area contributed by atoms with Crippen molar-refractivity contribution in [2.24, 2.45) is 0 Å². The van der Waals surface area contributed by atoms with Gasteiger partial charge in [0, 0.05) is 28.1 Å². The summed E-state index contributed by atoms with van der Waals surface area (Å²) in [5.41, 5.74) is 1.77. The Morgan fingerprint density at radius 3 is 2.43 bits per heavy atom. The Kier molecular flexibility index (Phi) is 7.63. The Labute approximate surface area is 173 Å². The van der Waals surface area contributed by atoms with Crippen LogP contribution in [0.1, 0.15) is 35.0 Å². The lowest BCUT2D eigenvalue weighted by Crippen LogP contribution is -2.15. The van der Waals surface area contributed by atoms with Crippen LogP contribution in [0.25, 0.3) is 11.1 Å². The molecule has 0 aliphatic heterocycles. The summed E-state index contributed by atoms with van der Waals surface area (Å²) >= 11 is 7.23. The lowest BCUT2D eigenvalue weighted by atomic mass is 10.0. The summed E-state index contributed by atoms with van der Waals surface area (Å²) in [6, 6.07) is 7.06. The van der Waals surface area contributed by atoms with Gasteiger partial charge in [-0.2, -0.15) is 0 Å². The number of benzene rings is 1. The number of hydrogen-bond acceptors (Lipinski definition) is 6. The zero-order valence-electron chi connectivity index (χ0n) is 15.9. The number of ether oxygens (including phenoxy) is 1. The number of halogens is 1. The number of carbonyl (C=O) groups excluding carboxylic acids is 2. The fraction of sp³-hybridized carbons (Fsp3) is 0.368. The van der Waals surface area contributed by atoms with E-state index < -0.39 is 15.8 Å². The van der Waals surface area contributed by atoms with Crippen LogP contribution in [-0.4, -0.2) is 38.9 Å². The predicted molar refractivity (Wildman–Crippen MR) is 113 cm³/mol. The maximum Gasteiger partial charge on any atom is 0.341 e. The Balaban J connectivity index is 2.33. The van der Waals surface area contributed by atoms with Crippen LogP contribution in [0.3, 0.4) is 0 Å². The third kappa shape index (κ3) is 6.05. The molecule has 0 aliphatic carbocycles. The van der Waals surface area contributed by atoms with Gasteiger partial charge in [-0.05, 0) is 38.0 Å². The van der Waals surface area contributed by atoms with Crippen LogP contribution < -0.4 is 5.32 Å². The number of sulfone groups is 1. The van der Waals surface area contributed by atoms with Crippen molar-refractivity contribution >= 4 is 49.7 Å². The average molecular weight is 444 g/mol. The Bertz CT molecular complexity index is 965. The SMILES string of the molecule is CCOC(=O)c1c(NC(=O)CCCS(C)(=O)=O)sc(C)c1-c1ccc(Cl)cc1. The van der Waals surface area contributed by atoms with E-state index in [9.17, 15) is 18.0 Å². The second kappa shape index (κ2) is 9.54. The van der Waals surface area contributed by atoms with Gasteiger partial charge >= 0.3 is 5.97 Å².